The fourth-order valence-electron chi connectivity index (χ4n) is 1.20. The van der Waals surface area contributed by atoms with Gasteiger partial charge in [-0.25, -0.2) is 0 Å². The first-order valence-electron chi connectivity index (χ1n) is 4.44. The number of hydrogen-bond donors (Lipinski definition) is 2. The SMILES string of the molecule is CCCCC(CC)CS(=O)(=O)O.N. The maximum Gasteiger partial charge on any atom is 0.265 e. The van der Waals surface area contributed by atoms with E-state index in [9.17, 15) is 8.42 Å². The topological polar surface area (TPSA) is 89.4 Å². The molecule has 4 nitrogen and oxygen atoms in total. The molecule has 0 aliphatic carbocycles. The van der Waals surface area contributed by atoms with E-state index in [4.69, 9.17) is 4.55 Å². The number of hydrogen-bond acceptors (Lipinski definition) is 3. The monoisotopic (exact) mass is 211 g/mol. The van der Waals surface area contributed by atoms with E-state index >= 15 is 0 Å². The molecule has 0 aromatic heterocycles. The first-order chi connectivity index (χ1) is 5.49. The highest BCUT2D eigenvalue weighted by Gasteiger charge is 2.14. The summed E-state index contributed by atoms with van der Waals surface area (Å²) in [5.74, 6) is 0.0451. The van der Waals surface area contributed by atoms with Crippen molar-refractivity contribution >= 4 is 10.1 Å². The van der Waals surface area contributed by atoms with Crippen LogP contribution >= 0.6 is 0 Å². The Morgan fingerprint density at radius 2 is 1.85 bits per heavy atom. The molecule has 1 unspecified atom stereocenters. The Morgan fingerprint density at radius 1 is 1.31 bits per heavy atom. The van der Waals surface area contributed by atoms with Crippen LogP contribution in [-0.2, 0) is 10.1 Å². The van der Waals surface area contributed by atoms with Gasteiger partial charge in [-0.2, -0.15) is 8.42 Å². The molecule has 0 rings (SSSR count). The molecule has 1 atom stereocenters. The van der Waals surface area contributed by atoms with Gasteiger partial charge in [0.05, 0.1) is 5.75 Å². The molecule has 82 valence electrons. The second kappa shape index (κ2) is 7.29. The maximum absolute atomic E-state index is 10.5. The van der Waals surface area contributed by atoms with Gasteiger partial charge < -0.3 is 6.15 Å². The van der Waals surface area contributed by atoms with Gasteiger partial charge >= 0.3 is 0 Å². The molecule has 0 saturated heterocycles. The maximum atomic E-state index is 10.5. The molecule has 0 bridgehead atoms. The van der Waals surface area contributed by atoms with E-state index in [0.717, 1.165) is 25.7 Å². The van der Waals surface area contributed by atoms with Gasteiger partial charge in [0.25, 0.3) is 10.1 Å². The molecular weight excluding hydrogens is 190 g/mol. The number of rotatable bonds is 6. The van der Waals surface area contributed by atoms with E-state index in [1.54, 1.807) is 0 Å². The zero-order valence-corrected chi connectivity index (χ0v) is 9.31. The highest BCUT2D eigenvalue weighted by Crippen LogP contribution is 2.14. The molecule has 0 amide bonds. The van der Waals surface area contributed by atoms with Gasteiger partial charge in [0.2, 0.25) is 0 Å². The average Bonchev–Trinajstić information content (AvgIpc) is 1.95. The molecule has 5 heteroatoms. The minimum absolute atomic E-state index is 0. The lowest BCUT2D eigenvalue weighted by Gasteiger charge is -2.11. The fraction of sp³-hybridized carbons (Fsp3) is 1.00. The Labute approximate surface area is 81.1 Å². The van der Waals surface area contributed by atoms with Gasteiger partial charge in [-0.3, -0.25) is 4.55 Å². The molecule has 0 heterocycles. The molecule has 13 heavy (non-hydrogen) atoms. The normalized spacial score (nSPS) is 13.5. The molecule has 0 aromatic rings. The Bertz CT molecular complexity index is 201. The van der Waals surface area contributed by atoms with E-state index in [1.807, 2.05) is 6.92 Å². The molecular formula is C8H21NO3S. The summed E-state index contributed by atoms with van der Waals surface area (Å²) in [5, 5.41) is 0. The van der Waals surface area contributed by atoms with Gasteiger partial charge in [-0.05, 0) is 12.3 Å². The third-order valence-electron chi connectivity index (χ3n) is 1.99. The largest absolute Gasteiger partial charge is 0.344 e. The lowest BCUT2D eigenvalue weighted by atomic mass is 10.0. The summed E-state index contributed by atoms with van der Waals surface area (Å²) in [6, 6.07) is 0. The summed E-state index contributed by atoms with van der Waals surface area (Å²) >= 11 is 0. The Kier molecular flexibility index (Phi) is 8.61. The van der Waals surface area contributed by atoms with E-state index in [1.165, 1.54) is 0 Å². The minimum atomic E-state index is -3.77. The first-order valence-corrected chi connectivity index (χ1v) is 6.05. The Morgan fingerprint density at radius 3 is 2.15 bits per heavy atom. The van der Waals surface area contributed by atoms with Crippen LogP contribution in [0.1, 0.15) is 39.5 Å². The van der Waals surface area contributed by atoms with Crippen LogP contribution in [-0.4, -0.2) is 18.7 Å². The lowest BCUT2D eigenvalue weighted by Crippen LogP contribution is -2.14. The van der Waals surface area contributed by atoms with Crippen molar-refractivity contribution in [2.75, 3.05) is 5.75 Å². The fourth-order valence-corrected chi connectivity index (χ4v) is 2.19. The lowest BCUT2D eigenvalue weighted by molar-refractivity contribution is 0.440. The molecule has 0 saturated carbocycles. The van der Waals surface area contributed by atoms with Gasteiger partial charge in [0, 0.05) is 0 Å². The molecule has 0 aliphatic rings. The van der Waals surface area contributed by atoms with Crippen molar-refractivity contribution in [3.8, 4) is 0 Å². The average molecular weight is 211 g/mol. The van der Waals surface area contributed by atoms with Gasteiger partial charge in [0.1, 0.15) is 0 Å². The van der Waals surface area contributed by atoms with Crippen LogP contribution < -0.4 is 6.15 Å². The van der Waals surface area contributed by atoms with E-state index in [2.05, 4.69) is 6.92 Å². The number of unbranched alkanes of at least 4 members (excludes halogenated alkanes) is 1. The molecule has 0 spiro atoms. The second-order valence-electron chi connectivity index (χ2n) is 3.17. The summed E-state index contributed by atoms with van der Waals surface area (Å²) in [6.07, 6.45) is 3.82. The van der Waals surface area contributed by atoms with E-state index < -0.39 is 10.1 Å². The van der Waals surface area contributed by atoms with Crippen LogP contribution in [0.5, 0.6) is 0 Å². The van der Waals surface area contributed by atoms with Crippen LogP contribution in [0, 0.1) is 5.92 Å². The van der Waals surface area contributed by atoms with Crippen molar-refractivity contribution in [1.29, 1.82) is 0 Å². The Hall–Kier alpha value is -0.130. The van der Waals surface area contributed by atoms with Crippen molar-refractivity contribution in [2.45, 2.75) is 39.5 Å². The molecule has 0 fully saturated rings. The van der Waals surface area contributed by atoms with Crippen molar-refractivity contribution in [3.63, 3.8) is 0 Å². The summed E-state index contributed by atoms with van der Waals surface area (Å²) in [7, 11) is -3.77. The van der Waals surface area contributed by atoms with Crippen LogP contribution in [0.25, 0.3) is 0 Å². The van der Waals surface area contributed by atoms with Crippen molar-refractivity contribution < 1.29 is 13.0 Å². The van der Waals surface area contributed by atoms with Crippen molar-refractivity contribution in [2.24, 2.45) is 5.92 Å². The van der Waals surface area contributed by atoms with Crippen LogP contribution in [0.4, 0.5) is 0 Å². The van der Waals surface area contributed by atoms with Gasteiger partial charge in [-0.1, -0.05) is 33.1 Å². The molecule has 0 aromatic carbocycles. The quantitative estimate of drug-likeness (QED) is 0.659. The summed E-state index contributed by atoms with van der Waals surface area (Å²) in [6.45, 7) is 4.02. The summed E-state index contributed by atoms with van der Waals surface area (Å²) in [5.41, 5.74) is 0. The zero-order valence-electron chi connectivity index (χ0n) is 8.49. The summed E-state index contributed by atoms with van der Waals surface area (Å²) < 4.78 is 29.6. The predicted octanol–water partition coefficient (Wildman–Crippen LogP) is 2.25. The minimum Gasteiger partial charge on any atom is -0.344 e. The van der Waals surface area contributed by atoms with Crippen LogP contribution in [0.3, 0.4) is 0 Å². The van der Waals surface area contributed by atoms with Crippen molar-refractivity contribution in [1.82, 2.24) is 6.15 Å². The van der Waals surface area contributed by atoms with Crippen LogP contribution in [0.15, 0.2) is 0 Å². The highest BCUT2D eigenvalue weighted by molar-refractivity contribution is 7.85. The molecule has 4 N–H and O–H groups in total. The summed E-state index contributed by atoms with van der Waals surface area (Å²) in [4.78, 5) is 0. The standard InChI is InChI=1S/C8H18O3S.H3N/c1-3-5-6-8(4-2)7-12(9,10)11;/h8H,3-7H2,1-2H3,(H,9,10,11);1H3. The van der Waals surface area contributed by atoms with Crippen molar-refractivity contribution in [3.05, 3.63) is 0 Å². The molecule has 0 radical (unpaired) electrons. The van der Waals surface area contributed by atoms with Gasteiger partial charge in [0.15, 0.2) is 0 Å². The third-order valence-corrected chi connectivity index (χ3v) is 2.88. The molecule has 0 aliphatic heterocycles. The van der Waals surface area contributed by atoms with Crippen LogP contribution in [0.2, 0.25) is 0 Å². The highest BCUT2D eigenvalue weighted by atomic mass is 32.2. The van der Waals surface area contributed by atoms with Gasteiger partial charge in [-0.15, -0.1) is 0 Å². The zero-order chi connectivity index (χ0) is 9.61. The second-order valence-corrected chi connectivity index (χ2v) is 4.66. The predicted molar refractivity (Wildman–Crippen MR) is 54.7 cm³/mol. The third kappa shape index (κ3) is 9.79. The smallest absolute Gasteiger partial charge is 0.265 e. The first kappa shape index (κ1) is 15.3. The van der Waals surface area contributed by atoms with E-state index in [0.29, 0.717) is 0 Å². The van der Waals surface area contributed by atoms with E-state index in [-0.39, 0.29) is 17.8 Å². The Balaban J connectivity index is 0.